The Kier molecular flexibility index (Phi) is 4.80. The predicted octanol–water partition coefficient (Wildman–Crippen LogP) is 4.15. The maximum atomic E-state index is 3.52. The molecule has 2 aromatic carbocycles. The third-order valence-electron chi connectivity index (χ3n) is 3.11. The molecule has 20 heavy (non-hydrogen) atoms. The lowest BCUT2D eigenvalue weighted by Gasteiger charge is -2.21. The van der Waals surface area contributed by atoms with E-state index in [9.17, 15) is 0 Å². The van der Waals surface area contributed by atoms with Crippen LogP contribution in [-0.2, 0) is 0 Å². The van der Waals surface area contributed by atoms with E-state index in [1.807, 2.05) is 6.07 Å². The van der Waals surface area contributed by atoms with Gasteiger partial charge >= 0.3 is 0 Å². The number of nitrogens with one attached hydrogen (secondary N) is 2. The van der Waals surface area contributed by atoms with E-state index < -0.39 is 0 Å². The molecule has 0 amide bonds. The molecule has 2 nitrogen and oxygen atoms in total. The fourth-order valence-corrected chi connectivity index (χ4v) is 2.14. The van der Waals surface area contributed by atoms with Crippen LogP contribution >= 0.6 is 0 Å². The maximum absolute atomic E-state index is 3.52. The lowest BCUT2D eigenvalue weighted by Crippen LogP contribution is -2.38. The Balaban J connectivity index is 2.02. The van der Waals surface area contributed by atoms with Crippen LogP contribution in [0.15, 0.2) is 54.6 Å². The molecular formula is C18H24N2. The Morgan fingerprint density at radius 2 is 1.45 bits per heavy atom. The van der Waals surface area contributed by atoms with Crippen molar-refractivity contribution in [2.45, 2.75) is 26.3 Å². The number of benzene rings is 2. The Hall–Kier alpha value is -1.80. The molecule has 0 unspecified atom stereocenters. The van der Waals surface area contributed by atoms with E-state index in [0.717, 1.165) is 13.1 Å². The van der Waals surface area contributed by atoms with Crippen molar-refractivity contribution >= 4 is 5.69 Å². The maximum Gasteiger partial charge on any atom is 0.0420 e. The number of hydrogen-bond acceptors (Lipinski definition) is 2. The summed E-state index contributed by atoms with van der Waals surface area (Å²) in [5.74, 6) is 0. The Morgan fingerprint density at radius 1 is 0.800 bits per heavy atom. The van der Waals surface area contributed by atoms with E-state index in [-0.39, 0.29) is 5.54 Å². The van der Waals surface area contributed by atoms with Gasteiger partial charge in [0.1, 0.15) is 0 Å². The van der Waals surface area contributed by atoms with Crippen molar-refractivity contribution in [1.29, 1.82) is 0 Å². The molecule has 0 aliphatic rings. The van der Waals surface area contributed by atoms with Crippen molar-refractivity contribution in [2.24, 2.45) is 0 Å². The molecule has 2 rings (SSSR count). The first-order valence-corrected chi connectivity index (χ1v) is 7.20. The monoisotopic (exact) mass is 268 g/mol. The van der Waals surface area contributed by atoms with E-state index in [1.54, 1.807) is 0 Å². The van der Waals surface area contributed by atoms with Crippen LogP contribution in [0.5, 0.6) is 0 Å². The normalized spacial score (nSPS) is 11.3. The molecule has 0 aliphatic carbocycles. The van der Waals surface area contributed by atoms with Gasteiger partial charge in [0.2, 0.25) is 0 Å². The summed E-state index contributed by atoms with van der Waals surface area (Å²) in [6.07, 6.45) is 0. The SMILES string of the molecule is CC(C)(C)NCCNc1ccccc1-c1ccccc1. The molecule has 0 saturated heterocycles. The highest BCUT2D eigenvalue weighted by Crippen LogP contribution is 2.27. The van der Waals surface area contributed by atoms with Gasteiger partial charge in [-0.1, -0.05) is 48.5 Å². The van der Waals surface area contributed by atoms with Crippen molar-refractivity contribution in [3.8, 4) is 11.1 Å². The molecule has 2 heteroatoms. The summed E-state index contributed by atoms with van der Waals surface area (Å²) in [4.78, 5) is 0. The van der Waals surface area contributed by atoms with Gasteiger partial charge in [0.05, 0.1) is 0 Å². The van der Waals surface area contributed by atoms with Crippen LogP contribution in [0.25, 0.3) is 11.1 Å². The first-order valence-electron chi connectivity index (χ1n) is 7.20. The Bertz CT molecular complexity index is 527. The van der Waals surface area contributed by atoms with Crippen molar-refractivity contribution in [3.05, 3.63) is 54.6 Å². The first-order chi connectivity index (χ1) is 9.56. The van der Waals surface area contributed by atoms with Crippen molar-refractivity contribution in [3.63, 3.8) is 0 Å². The molecule has 0 aromatic heterocycles. The van der Waals surface area contributed by atoms with E-state index in [0.29, 0.717) is 0 Å². The van der Waals surface area contributed by atoms with Crippen LogP contribution in [0.4, 0.5) is 5.69 Å². The minimum Gasteiger partial charge on any atom is -0.383 e. The van der Waals surface area contributed by atoms with Gasteiger partial charge in [-0.2, -0.15) is 0 Å². The summed E-state index contributed by atoms with van der Waals surface area (Å²) in [6.45, 7) is 8.43. The minimum atomic E-state index is 0.167. The molecule has 0 saturated carbocycles. The third kappa shape index (κ3) is 4.39. The van der Waals surface area contributed by atoms with Crippen LogP contribution in [-0.4, -0.2) is 18.6 Å². The summed E-state index contributed by atoms with van der Waals surface area (Å²) in [6, 6.07) is 19.0. The molecule has 0 bridgehead atoms. The second kappa shape index (κ2) is 6.58. The van der Waals surface area contributed by atoms with Gasteiger partial charge in [0, 0.05) is 29.9 Å². The van der Waals surface area contributed by atoms with Crippen molar-refractivity contribution in [1.82, 2.24) is 5.32 Å². The highest BCUT2D eigenvalue weighted by Gasteiger charge is 2.08. The average molecular weight is 268 g/mol. The summed E-state index contributed by atoms with van der Waals surface area (Å²) < 4.78 is 0. The number of rotatable bonds is 5. The second-order valence-corrected chi connectivity index (χ2v) is 6.02. The highest BCUT2D eigenvalue weighted by atomic mass is 15.0. The van der Waals surface area contributed by atoms with Crippen LogP contribution in [0.3, 0.4) is 0 Å². The standard InChI is InChI=1S/C18H24N2/c1-18(2,3)20-14-13-19-17-12-8-7-11-16(17)15-9-5-4-6-10-15/h4-12,19-20H,13-14H2,1-3H3. The minimum absolute atomic E-state index is 0.167. The van der Waals surface area contributed by atoms with E-state index >= 15 is 0 Å². The Morgan fingerprint density at radius 3 is 2.15 bits per heavy atom. The zero-order valence-corrected chi connectivity index (χ0v) is 12.6. The number of anilines is 1. The lowest BCUT2D eigenvalue weighted by atomic mass is 10.0. The molecule has 0 atom stereocenters. The van der Waals surface area contributed by atoms with Crippen molar-refractivity contribution in [2.75, 3.05) is 18.4 Å². The summed E-state index contributed by atoms with van der Waals surface area (Å²) in [7, 11) is 0. The first kappa shape index (κ1) is 14.6. The lowest BCUT2D eigenvalue weighted by molar-refractivity contribution is 0.435. The smallest absolute Gasteiger partial charge is 0.0420 e. The van der Waals surface area contributed by atoms with Crippen LogP contribution < -0.4 is 10.6 Å². The zero-order chi connectivity index (χ0) is 14.4. The van der Waals surface area contributed by atoms with Crippen LogP contribution in [0, 0.1) is 0 Å². The number of para-hydroxylation sites is 1. The molecule has 0 heterocycles. The summed E-state index contributed by atoms with van der Waals surface area (Å²) >= 11 is 0. The molecule has 106 valence electrons. The van der Waals surface area contributed by atoms with Crippen LogP contribution in [0.1, 0.15) is 20.8 Å². The van der Waals surface area contributed by atoms with Gasteiger partial charge in [-0.25, -0.2) is 0 Å². The molecule has 0 fully saturated rings. The van der Waals surface area contributed by atoms with Crippen LogP contribution in [0.2, 0.25) is 0 Å². The molecule has 2 aromatic rings. The van der Waals surface area contributed by atoms with Gasteiger partial charge in [-0.05, 0) is 32.4 Å². The van der Waals surface area contributed by atoms with E-state index in [2.05, 4.69) is 79.9 Å². The van der Waals surface area contributed by atoms with E-state index in [4.69, 9.17) is 0 Å². The summed E-state index contributed by atoms with van der Waals surface area (Å²) in [5.41, 5.74) is 3.86. The quantitative estimate of drug-likeness (QED) is 0.796. The molecule has 2 N–H and O–H groups in total. The highest BCUT2D eigenvalue weighted by molar-refractivity contribution is 5.77. The Labute approximate surface area is 122 Å². The zero-order valence-electron chi connectivity index (χ0n) is 12.6. The van der Waals surface area contributed by atoms with Gasteiger partial charge in [0.25, 0.3) is 0 Å². The van der Waals surface area contributed by atoms with Gasteiger partial charge in [0.15, 0.2) is 0 Å². The van der Waals surface area contributed by atoms with Gasteiger partial charge in [-0.3, -0.25) is 0 Å². The third-order valence-corrected chi connectivity index (χ3v) is 3.11. The topological polar surface area (TPSA) is 24.1 Å². The molecule has 0 aliphatic heterocycles. The summed E-state index contributed by atoms with van der Waals surface area (Å²) in [5, 5.41) is 7.01. The largest absolute Gasteiger partial charge is 0.383 e. The number of hydrogen-bond donors (Lipinski definition) is 2. The van der Waals surface area contributed by atoms with E-state index in [1.165, 1.54) is 16.8 Å². The van der Waals surface area contributed by atoms with Gasteiger partial charge < -0.3 is 10.6 Å². The molecule has 0 spiro atoms. The predicted molar refractivity (Wildman–Crippen MR) is 88.1 cm³/mol. The fraction of sp³-hybridized carbons (Fsp3) is 0.333. The van der Waals surface area contributed by atoms with Gasteiger partial charge in [-0.15, -0.1) is 0 Å². The average Bonchev–Trinajstić information content (AvgIpc) is 2.44. The fourth-order valence-electron chi connectivity index (χ4n) is 2.14. The van der Waals surface area contributed by atoms with Crippen molar-refractivity contribution < 1.29 is 0 Å². The molecule has 0 radical (unpaired) electrons. The second-order valence-electron chi connectivity index (χ2n) is 6.02. The molecular weight excluding hydrogens is 244 g/mol.